The number of aromatic nitrogens is 1. The van der Waals surface area contributed by atoms with Crippen LogP contribution in [0.4, 0.5) is 0 Å². The molecule has 1 aromatic carbocycles. The normalized spacial score (nSPS) is 19.9. The molecule has 88 valence electrons. The van der Waals surface area contributed by atoms with E-state index in [1.54, 1.807) is 18.2 Å². The minimum Gasteiger partial charge on any atom is -0.408 e. The SMILES string of the molecule is O=C(c1ccc2[nH]c(=O)oc2c1)C1CCCN1. The summed E-state index contributed by atoms with van der Waals surface area (Å²) in [5.41, 5.74) is 1.63. The first-order chi connectivity index (χ1) is 8.24. The van der Waals surface area contributed by atoms with Crippen LogP contribution < -0.4 is 11.1 Å². The van der Waals surface area contributed by atoms with E-state index in [0.29, 0.717) is 16.7 Å². The molecule has 1 aliphatic heterocycles. The molecule has 0 amide bonds. The van der Waals surface area contributed by atoms with E-state index in [4.69, 9.17) is 4.42 Å². The van der Waals surface area contributed by atoms with Crippen molar-refractivity contribution in [1.82, 2.24) is 10.3 Å². The minimum atomic E-state index is -0.497. The Morgan fingerprint density at radius 1 is 1.41 bits per heavy atom. The van der Waals surface area contributed by atoms with Gasteiger partial charge in [0.15, 0.2) is 11.4 Å². The molecule has 1 atom stereocenters. The Hall–Kier alpha value is -1.88. The van der Waals surface area contributed by atoms with Gasteiger partial charge in [-0.25, -0.2) is 4.79 Å². The molecule has 2 N–H and O–H groups in total. The summed E-state index contributed by atoms with van der Waals surface area (Å²) in [6, 6.07) is 4.94. The van der Waals surface area contributed by atoms with Crippen molar-refractivity contribution in [1.29, 1.82) is 0 Å². The highest BCUT2D eigenvalue weighted by Crippen LogP contribution is 2.16. The number of aromatic amines is 1. The fourth-order valence-electron chi connectivity index (χ4n) is 2.21. The molecule has 0 saturated carbocycles. The molecule has 0 bridgehead atoms. The molecular formula is C12H12N2O3. The van der Waals surface area contributed by atoms with E-state index in [9.17, 15) is 9.59 Å². The van der Waals surface area contributed by atoms with Crippen LogP contribution in [0.25, 0.3) is 11.1 Å². The van der Waals surface area contributed by atoms with E-state index >= 15 is 0 Å². The lowest BCUT2D eigenvalue weighted by Gasteiger charge is -2.08. The number of carbonyl (C=O) groups excluding carboxylic acids is 1. The van der Waals surface area contributed by atoms with E-state index in [1.807, 2.05) is 0 Å². The molecule has 5 nitrogen and oxygen atoms in total. The number of hydrogen-bond donors (Lipinski definition) is 2. The van der Waals surface area contributed by atoms with Crippen molar-refractivity contribution in [2.24, 2.45) is 0 Å². The lowest BCUT2D eigenvalue weighted by Crippen LogP contribution is -2.30. The van der Waals surface area contributed by atoms with Gasteiger partial charge in [0, 0.05) is 5.56 Å². The Labute approximate surface area is 96.8 Å². The fraction of sp³-hybridized carbons (Fsp3) is 0.333. The molecule has 1 aromatic heterocycles. The lowest BCUT2D eigenvalue weighted by atomic mass is 10.0. The predicted octanol–water partition coefficient (Wildman–Crippen LogP) is 1.06. The average molecular weight is 232 g/mol. The molecule has 5 heteroatoms. The number of hydrogen-bond acceptors (Lipinski definition) is 4. The Bertz CT molecular complexity index is 620. The van der Waals surface area contributed by atoms with Gasteiger partial charge in [0.05, 0.1) is 11.6 Å². The summed E-state index contributed by atoms with van der Waals surface area (Å²) in [5, 5.41) is 3.16. The van der Waals surface area contributed by atoms with Gasteiger partial charge in [-0.15, -0.1) is 0 Å². The number of Topliss-reactive ketones (excluding diaryl/α,β-unsaturated/α-hetero) is 1. The van der Waals surface area contributed by atoms with Crippen molar-refractivity contribution < 1.29 is 9.21 Å². The molecule has 1 fully saturated rings. The third kappa shape index (κ3) is 1.78. The highest BCUT2D eigenvalue weighted by atomic mass is 16.4. The first kappa shape index (κ1) is 10.3. The zero-order chi connectivity index (χ0) is 11.8. The summed E-state index contributed by atoms with van der Waals surface area (Å²) in [7, 11) is 0. The second kappa shape index (κ2) is 3.85. The van der Waals surface area contributed by atoms with Crippen molar-refractivity contribution in [3.8, 4) is 0 Å². The van der Waals surface area contributed by atoms with E-state index in [1.165, 1.54) is 0 Å². The topological polar surface area (TPSA) is 75.1 Å². The summed E-state index contributed by atoms with van der Waals surface area (Å²) in [4.78, 5) is 25.7. The van der Waals surface area contributed by atoms with Crippen LogP contribution in [0, 0.1) is 0 Å². The molecule has 17 heavy (non-hydrogen) atoms. The van der Waals surface area contributed by atoms with Crippen LogP contribution in [0.2, 0.25) is 0 Å². The first-order valence-electron chi connectivity index (χ1n) is 5.64. The number of rotatable bonds is 2. The molecule has 0 radical (unpaired) electrons. The van der Waals surface area contributed by atoms with E-state index in [2.05, 4.69) is 10.3 Å². The number of carbonyl (C=O) groups is 1. The number of H-pyrrole nitrogens is 1. The van der Waals surface area contributed by atoms with Gasteiger partial charge in [0.2, 0.25) is 0 Å². The third-order valence-electron chi connectivity index (χ3n) is 3.08. The molecular weight excluding hydrogens is 220 g/mol. The molecule has 1 saturated heterocycles. The number of benzene rings is 1. The summed E-state index contributed by atoms with van der Waals surface area (Å²) in [5.74, 6) is -0.433. The van der Waals surface area contributed by atoms with Crippen LogP contribution in [-0.4, -0.2) is 23.4 Å². The van der Waals surface area contributed by atoms with Crippen LogP contribution in [0.5, 0.6) is 0 Å². The maximum absolute atomic E-state index is 12.1. The van der Waals surface area contributed by atoms with Gasteiger partial charge in [0.25, 0.3) is 0 Å². The van der Waals surface area contributed by atoms with Crippen molar-refractivity contribution in [2.75, 3.05) is 6.54 Å². The van der Waals surface area contributed by atoms with Crippen molar-refractivity contribution in [3.63, 3.8) is 0 Å². The van der Waals surface area contributed by atoms with Crippen molar-refractivity contribution in [2.45, 2.75) is 18.9 Å². The summed E-state index contributed by atoms with van der Waals surface area (Å²) in [6.07, 6.45) is 1.89. The Kier molecular flexibility index (Phi) is 2.33. The number of nitrogens with one attached hydrogen (secondary N) is 2. The zero-order valence-electron chi connectivity index (χ0n) is 9.16. The summed E-state index contributed by atoms with van der Waals surface area (Å²) in [6.45, 7) is 0.887. The Balaban J connectivity index is 1.99. The Morgan fingerprint density at radius 2 is 2.29 bits per heavy atom. The fourth-order valence-corrected chi connectivity index (χ4v) is 2.21. The predicted molar refractivity (Wildman–Crippen MR) is 62.2 cm³/mol. The largest absolute Gasteiger partial charge is 0.417 e. The monoisotopic (exact) mass is 232 g/mol. The van der Waals surface area contributed by atoms with E-state index in [-0.39, 0.29) is 11.8 Å². The van der Waals surface area contributed by atoms with Crippen molar-refractivity contribution >= 4 is 16.9 Å². The molecule has 1 unspecified atom stereocenters. The first-order valence-corrected chi connectivity index (χ1v) is 5.64. The summed E-state index contributed by atoms with van der Waals surface area (Å²) >= 11 is 0. The third-order valence-corrected chi connectivity index (χ3v) is 3.08. The number of oxazole rings is 1. The van der Waals surface area contributed by atoms with Crippen molar-refractivity contribution in [3.05, 3.63) is 34.3 Å². The molecule has 1 aliphatic rings. The highest BCUT2D eigenvalue weighted by molar-refractivity contribution is 6.02. The van der Waals surface area contributed by atoms with Gasteiger partial charge in [-0.2, -0.15) is 0 Å². The summed E-state index contributed by atoms with van der Waals surface area (Å²) < 4.78 is 4.94. The Morgan fingerprint density at radius 3 is 3.06 bits per heavy atom. The zero-order valence-corrected chi connectivity index (χ0v) is 9.16. The van der Waals surface area contributed by atoms with E-state index in [0.717, 1.165) is 19.4 Å². The standard InChI is InChI=1S/C12H12N2O3/c15-11(9-2-1-5-13-9)7-3-4-8-10(6-7)17-12(16)14-8/h3-4,6,9,13H,1-2,5H2,(H,14,16). The van der Waals surface area contributed by atoms with Gasteiger partial charge in [-0.3, -0.25) is 9.78 Å². The maximum atomic E-state index is 12.1. The van der Waals surface area contributed by atoms with Gasteiger partial charge >= 0.3 is 5.76 Å². The maximum Gasteiger partial charge on any atom is 0.417 e. The molecule has 0 spiro atoms. The second-order valence-electron chi connectivity index (χ2n) is 4.24. The quantitative estimate of drug-likeness (QED) is 0.759. The van der Waals surface area contributed by atoms with Crippen LogP contribution in [0.3, 0.4) is 0 Å². The van der Waals surface area contributed by atoms with Gasteiger partial charge < -0.3 is 9.73 Å². The number of ketones is 1. The van der Waals surface area contributed by atoms with Crippen LogP contribution >= 0.6 is 0 Å². The minimum absolute atomic E-state index is 0.0632. The lowest BCUT2D eigenvalue weighted by molar-refractivity contribution is 0.0952. The average Bonchev–Trinajstić information content (AvgIpc) is 2.94. The molecule has 2 aromatic rings. The van der Waals surface area contributed by atoms with Crippen LogP contribution in [-0.2, 0) is 0 Å². The van der Waals surface area contributed by atoms with E-state index < -0.39 is 5.76 Å². The smallest absolute Gasteiger partial charge is 0.408 e. The van der Waals surface area contributed by atoms with Gasteiger partial charge in [-0.05, 0) is 37.6 Å². The van der Waals surface area contributed by atoms with Crippen LogP contribution in [0.15, 0.2) is 27.4 Å². The number of fused-ring (bicyclic) bond motifs is 1. The highest BCUT2D eigenvalue weighted by Gasteiger charge is 2.23. The molecule has 3 rings (SSSR count). The molecule has 2 heterocycles. The van der Waals surface area contributed by atoms with Gasteiger partial charge in [-0.1, -0.05) is 0 Å². The van der Waals surface area contributed by atoms with Gasteiger partial charge in [0.1, 0.15) is 0 Å². The molecule has 0 aliphatic carbocycles. The second-order valence-corrected chi connectivity index (χ2v) is 4.24. The van der Waals surface area contributed by atoms with Crippen LogP contribution in [0.1, 0.15) is 23.2 Å².